The van der Waals surface area contributed by atoms with Crippen molar-refractivity contribution in [2.75, 3.05) is 14.2 Å². The molecule has 4 nitrogen and oxygen atoms in total. The quantitative estimate of drug-likeness (QED) is 0.802. The van der Waals surface area contributed by atoms with E-state index in [1.54, 1.807) is 32.5 Å². The number of ether oxygens (including phenoxy) is 2. The zero-order valence-corrected chi connectivity index (χ0v) is 11.8. The van der Waals surface area contributed by atoms with Crippen molar-refractivity contribution in [1.82, 2.24) is 4.98 Å². The third kappa shape index (κ3) is 2.25. The van der Waals surface area contributed by atoms with Gasteiger partial charge in [0, 0.05) is 17.8 Å². The Morgan fingerprint density at radius 1 is 0.952 bits per heavy atom. The molecule has 0 aliphatic carbocycles. The summed E-state index contributed by atoms with van der Waals surface area (Å²) in [5.41, 5.74) is 2.21. The first-order valence-electron chi connectivity index (χ1n) is 6.57. The number of hydrogen-bond acceptors (Lipinski definition) is 3. The van der Waals surface area contributed by atoms with Crippen LogP contribution in [0.15, 0.2) is 53.5 Å². The van der Waals surface area contributed by atoms with E-state index in [9.17, 15) is 4.79 Å². The van der Waals surface area contributed by atoms with Crippen LogP contribution in [0.2, 0.25) is 0 Å². The summed E-state index contributed by atoms with van der Waals surface area (Å²) in [5.74, 6) is 1.13. The summed E-state index contributed by atoms with van der Waals surface area (Å²) in [6, 6.07) is 13.0. The third-order valence-corrected chi connectivity index (χ3v) is 3.47. The molecule has 3 rings (SSSR count). The maximum absolute atomic E-state index is 12.7. The van der Waals surface area contributed by atoms with Crippen LogP contribution in [0.1, 0.15) is 0 Å². The first kappa shape index (κ1) is 13.2. The number of benzene rings is 2. The van der Waals surface area contributed by atoms with Crippen molar-refractivity contribution in [3.8, 4) is 22.6 Å². The summed E-state index contributed by atoms with van der Waals surface area (Å²) >= 11 is 0. The van der Waals surface area contributed by atoms with Crippen molar-refractivity contribution in [3.05, 3.63) is 58.9 Å². The number of rotatable bonds is 3. The highest BCUT2D eigenvalue weighted by molar-refractivity contribution is 5.86. The van der Waals surface area contributed by atoms with Gasteiger partial charge in [0.15, 0.2) is 16.9 Å². The Morgan fingerprint density at radius 2 is 1.62 bits per heavy atom. The van der Waals surface area contributed by atoms with Gasteiger partial charge in [0.2, 0.25) is 0 Å². The van der Waals surface area contributed by atoms with Crippen LogP contribution in [0.5, 0.6) is 11.5 Å². The van der Waals surface area contributed by atoms with Crippen LogP contribution < -0.4 is 14.9 Å². The number of hydrogen-bond donors (Lipinski definition) is 1. The number of aromatic amines is 1. The summed E-state index contributed by atoms with van der Waals surface area (Å²) in [7, 11) is 3.12. The normalized spacial score (nSPS) is 10.6. The van der Waals surface area contributed by atoms with Crippen LogP contribution >= 0.6 is 0 Å². The van der Waals surface area contributed by atoms with Gasteiger partial charge in [-0.05, 0) is 11.6 Å². The highest BCUT2D eigenvalue weighted by atomic mass is 16.5. The SMILES string of the molecule is COc1cc2[nH]cc(-c3ccccc3)c(=O)c2cc1OC. The molecule has 0 saturated heterocycles. The summed E-state index contributed by atoms with van der Waals surface area (Å²) < 4.78 is 10.5. The Labute approximate surface area is 122 Å². The first-order valence-corrected chi connectivity index (χ1v) is 6.57. The van der Waals surface area contributed by atoms with Crippen molar-refractivity contribution in [1.29, 1.82) is 0 Å². The van der Waals surface area contributed by atoms with E-state index in [0.717, 1.165) is 11.1 Å². The van der Waals surface area contributed by atoms with Crippen molar-refractivity contribution in [2.45, 2.75) is 0 Å². The zero-order chi connectivity index (χ0) is 14.8. The van der Waals surface area contributed by atoms with Crippen LogP contribution in [0, 0.1) is 0 Å². The van der Waals surface area contributed by atoms with Gasteiger partial charge in [0.25, 0.3) is 0 Å². The van der Waals surface area contributed by atoms with Gasteiger partial charge in [-0.3, -0.25) is 4.79 Å². The lowest BCUT2D eigenvalue weighted by Crippen LogP contribution is -2.07. The molecule has 0 amide bonds. The lowest BCUT2D eigenvalue weighted by Gasteiger charge is -2.10. The fourth-order valence-corrected chi connectivity index (χ4v) is 2.38. The molecule has 2 aromatic carbocycles. The van der Waals surface area contributed by atoms with E-state index in [1.165, 1.54) is 0 Å². The van der Waals surface area contributed by atoms with Gasteiger partial charge in [-0.25, -0.2) is 0 Å². The number of aromatic nitrogens is 1. The molecule has 106 valence electrons. The summed E-state index contributed by atoms with van der Waals surface area (Å²) in [5, 5.41) is 0.578. The summed E-state index contributed by atoms with van der Waals surface area (Å²) in [6.45, 7) is 0. The lowest BCUT2D eigenvalue weighted by molar-refractivity contribution is 0.356. The zero-order valence-electron chi connectivity index (χ0n) is 11.8. The van der Waals surface area contributed by atoms with Crippen molar-refractivity contribution < 1.29 is 9.47 Å². The van der Waals surface area contributed by atoms with Gasteiger partial charge in [-0.1, -0.05) is 30.3 Å². The fraction of sp³-hybridized carbons (Fsp3) is 0.118. The Balaban J connectivity index is 2.28. The molecular formula is C17H15NO3. The molecular weight excluding hydrogens is 266 g/mol. The van der Waals surface area contributed by atoms with Crippen molar-refractivity contribution in [2.24, 2.45) is 0 Å². The van der Waals surface area contributed by atoms with Gasteiger partial charge in [-0.15, -0.1) is 0 Å². The van der Waals surface area contributed by atoms with E-state index in [4.69, 9.17) is 9.47 Å². The Hall–Kier alpha value is -2.75. The molecule has 0 radical (unpaired) electrons. The molecule has 0 bridgehead atoms. The predicted molar refractivity (Wildman–Crippen MR) is 83.1 cm³/mol. The van der Waals surface area contributed by atoms with E-state index < -0.39 is 0 Å². The highest BCUT2D eigenvalue weighted by Crippen LogP contribution is 2.30. The van der Waals surface area contributed by atoms with Crippen LogP contribution in [0.3, 0.4) is 0 Å². The number of pyridine rings is 1. The molecule has 1 aromatic heterocycles. The van der Waals surface area contributed by atoms with Crippen molar-refractivity contribution >= 4 is 10.9 Å². The molecule has 4 heteroatoms. The molecule has 0 atom stereocenters. The van der Waals surface area contributed by atoms with E-state index in [2.05, 4.69) is 4.98 Å². The average molecular weight is 281 g/mol. The van der Waals surface area contributed by atoms with Gasteiger partial charge in [-0.2, -0.15) is 0 Å². The molecule has 21 heavy (non-hydrogen) atoms. The van der Waals surface area contributed by atoms with Gasteiger partial charge in [0.05, 0.1) is 25.1 Å². The van der Waals surface area contributed by atoms with E-state index in [-0.39, 0.29) is 5.43 Å². The van der Waals surface area contributed by atoms with Gasteiger partial charge < -0.3 is 14.5 Å². The monoisotopic (exact) mass is 281 g/mol. The topological polar surface area (TPSA) is 51.3 Å². The molecule has 0 aliphatic rings. The summed E-state index contributed by atoms with van der Waals surface area (Å²) in [6.07, 6.45) is 1.73. The largest absolute Gasteiger partial charge is 0.493 e. The van der Waals surface area contributed by atoms with Crippen LogP contribution in [0.25, 0.3) is 22.0 Å². The molecule has 1 N–H and O–H groups in total. The van der Waals surface area contributed by atoms with Gasteiger partial charge in [0.1, 0.15) is 0 Å². The maximum Gasteiger partial charge on any atom is 0.197 e. The molecule has 0 saturated carbocycles. The highest BCUT2D eigenvalue weighted by Gasteiger charge is 2.11. The van der Waals surface area contributed by atoms with E-state index in [0.29, 0.717) is 22.4 Å². The Kier molecular flexibility index (Phi) is 3.36. The minimum atomic E-state index is -0.0316. The van der Waals surface area contributed by atoms with E-state index in [1.807, 2.05) is 30.3 Å². The molecule has 3 aromatic rings. The number of methoxy groups -OCH3 is 2. The maximum atomic E-state index is 12.7. The smallest absolute Gasteiger partial charge is 0.197 e. The van der Waals surface area contributed by atoms with Crippen LogP contribution in [0.4, 0.5) is 0 Å². The second-order valence-corrected chi connectivity index (χ2v) is 4.65. The lowest BCUT2D eigenvalue weighted by atomic mass is 10.0. The third-order valence-electron chi connectivity index (χ3n) is 3.47. The van der Waals surface area contributed by atoms with Crippen LogP contribution in [-0.2, 0) is 0 Å². The number of H-pyrrole nitrogens is 1. The average Bonchev–Trinajstić information content (AvgIpc) is 2.55. The van der Waals surface area contributed by atoms with Gasteiger partial charge >= 0.3 is 0 Å². The van der Waals surface area contributed by atoms with E-state index >= 15 is 0 Å². The summed E-state index contributed by atoms with van der Waals surface area (Å²) in [4.78, 5) is 15.8. The molecule has 0 unspecified atom stereocenters. The Morgan fingerprint density at radius 3 is 2.29 bits per heavy atom. The minimum Gasteiger partial charge on any atom is -0.493 e. The van der Waals surface area contributed by atoms with Crippen LogP contribution in [-0.4, -0.2) is 19.2 Å². The Bertz CT molecular complexity index is 838. The molecule has 0 fully saturated rings. The predicted octanol–water partition coefficient (Wildman–Crippen LogP) is 3.21. The molecule has 0 spiro atoms. The minimum absolute atomic E-state index is 0.0316. The first-order chi connectivity index (χ1) is 10.2. The van der Waals surface area contributed by atoms with Crippen molar-refractivity contribution in [3.63, 3.8) is 0 Å². The molecule has 1 heterocycles. The standard InChI is InChI=1S/C17H15NO3/c1-20-15-8-12-14(9-16(15)21-2)18-10-13(17(12)19)11-6-4-3-5-7-11/h3-10H,1-2H3,(H,18,19). The second kappa shape index (κ2) is 5.32. The number of fused-ring (bicyclic) bond motifs is 1. The number of nitrogens with one attached hydrogen (secondary N) is 1. The molecule has 0 aliphatic heterocycles. The fourth-order valence-electron chi connectivity index (χ4n) is 2.38. The second-order valence-electron chi connectivity index (χ2n) is 4.65.